The number of fused-ring (bicyclic) bond motifs is 8. The van der Waals surface area contributed by atoms with Crippen LogP contribution in [0.3, 0.4) is 0 Å². The first-order valence-corrected chi connectivity index (χ1v) is 14.2. The van der Waals surface area contributed by atoms with Crippen LogP contribution in [0, 0.1) is 0 Å². The minimum Gasteiger partial charge on any atom is -0.319 e. The summed E-state index contributed by atoms with van der Waals surface area (Å²) in [5, 5.41) is 4.99. The Bertz CT molecular complexity index is 2300. The molecule has 0 aliphatic heterocycles. The quantitative estimate of drug-likeness (QED) is 0.225. The number of allylic oxidation sites excluding steroid dienone is 4. The van der Waals surface area contributed by atoms with Crippen LogP contribution in [0.5, 0.6) is 0 Å². The highest BCUT2D eigenvalue weighted by Gasteiger charge is 2.25. The number of rotatable bonds is 3. The van der Waals surface area contributed by atoms with Crippen molar-refractivity contribution in [2.24, 2.45) is 0 Å². The average molecular weight is 527 g/mol. The molecule has 0 bridgehead atoms. The van der Waals surface area contributed by atoms with E-state index in [9.17, 15) is 0 Å². The van der Waals surface area contributed by atoms with E-state index in [1.165, 1.54) is 43.7 Å². The lowest BCUT2D eigenvalue weighted by atomic mass is 10.1. The molecule has 0 saturated carbocycles. The Kier molecular flexibility index (Phi) is 4.70. The maximum absolute atomic E-state index is 4.95. The van der Waals surface area contributed by atoms with Crippen LogP contribution in [-0.4, -0.2) is 18.7 Å². The third-order valence-electron chi connectivity index (χ3n) is 8.58. The Morgan fingerprint density at radius 1 is 0.585 bits per heavy atom. The number of nitrogens with zero attached hydrogens (tertiary/aromatic N) is 4. The van der Waals surface area contributed by atoms with E-state index < -0.39 is 0 Å². The van der Waals surface area contributed by atoms with Gasteiger partial charge in [0.05, 0.1) is 39.0 Å². The van der Waals surface area contributed by atoms with Crippen molar-refractivity contribution in [2.45, 2.75) is 12.5 Å². The van der Waals surface area contributed by atoms with Gasteiger partial charge in [-0.3, -0.25) is 9.55 Å². The molecular formula is C37H26N4. The fourth-order valence-electron chi connectivity index (χ4n) is 6.92. The molecule has 0 amide bonds. The van der Waals surface area contributed by atoms with Gasteiger partial charge in [0.2, 0.25) is 0 Å². The number of benzene rings is 4. The molecule has 4 aromatic heterocycles. The smallest absolute Gasteiger partial charge is 0.129 e. The molecule has 8 aromatic rings. The summed E-state index contributed by atoms with van der Waals surface area (Å²) in [6, 6.07) is 39.6. The van der Waals surface area contributed by atoms with E-state index in [-0.39, 0.29) is 6.04 Å². The van der Waals surface area contributed by atoms with Gasteiger partial charge in [-0.1, -0.05) is 85.0 Å². The summed E-state index contributed by atoms with van der Waals surface area (Å²) in [5.41, 5.74) is 9.26. The van der Waals surface area contributed by atoms with E-state index in [1.54, 1.807) is 0 Å². The summed E-state index contributed by atoms with van der Waals surface area (Å²) in [4.78, 5) is 4.95. The number of aromatic nitrogens is 4. The predicted molar refractivity (Wildman–Crippen MR) is 170 cm³/mol. The zero-order chi connectivity index (χ0) is 26.9. The van der Waals surface area contributed by atoms with E-state index in [0.717, 1.165) is 28.8 Å². The normalized spacial score (nSPS) is 15.3. The minimum absolute atomic E-state index is 0.228. The minimum atomic E-state index is 0.228. The summed E-state index contributed by atoms with van der Waals surface area (Å²) in [6.45, 7) is 0. The first-order valence-electron chi connectivity index (χ1n) is 14.2. The van der Waals surface area contributed by atoms with Gasteiger partial charge in [0.1, 0.15) is 5.65 Å². The maximum Gasteiger partial charge on any atom is 0.129 e. The van der Waals surface area contributed by atoms with Gasteiger partial charge in [-0.25, -0.2) is 0 Å². The molecule has 0 radical (unpaired) electrons. The first kappa shape index (κ1) is 22.5. The van der Waals surface area contributed by atoms with Crippen molar-refractivity contribution in [3.8, 4) is 11.4 Å². The van der Waals surface area contributed by atoms with E-state index in [0.29, 0.717) is 0 Å². The van der Waals surface area contributed by atoms with Gasteiger partial charge in [-0.2, -0.15) is 0 Å². The van der Waals surface area contributed by atoms with Gasteiger partial charge in [-0.05, 0) is 55.0 Å². The predicted octanol–water partition coefficient (Wildman–Crippen LogP) is 9.29. The van der Waals surface area contributed by atoms with Crippen LogP contribution in [-0.2, 0) is 0 Å². The first-order chi connectivity index (χ1) is 20.4. The third-order valence-corrected chi connectivity index (χ3v) is 8.58. The lowest BCUT2D eigenvalue weighted by Crippen LogP contribution is -2.10. The molecule has 4 heterocycles. The van der Waals surface area contributed by atoms with Crippen LogP contribution in [0.4, 0.5) is 0 Å². The molecule has 1 aliphatic rings. The van der Waals surface area contributed by atoms with E-state index >= 15 is 0 Å². The molecule has 4 nitrogen and oxygen atoms in total. The molecule has 1 aliphatic carbocycles. The Morgan fingerprint density at radius 3 is 1.98 bits per heavy atom. The Morgan fingerprint density at radius 2 is 1.24 bits per heavy atom. The fourth-order valence-corrected chi connectivity index (χ4v) is 6.92. The summed E-state index contributed by atoms with van der Waals surface area (Å²) in [6.07, 6.45) is 11.8. The van der Waals surface area contributed by atoms with E-state index in [1.807, 2.05) is 12.3 Å². The molecule has 4 heteroatoms. The van der Waals surface area contributed by atoms with Crippen LogP contribution in [0.25, 0.3) is 66.2 Å². The van der Waals surface area contributed by atoms with Crippen molar-refractivity contribution >= 4 is 54.8 Å². The van der Waals surface area contributed by atoms with Gasteiger partial charge in [0.15, 0.2) is 0 Å². The lowest BCUT2D eigenvalue weighted by molar-refractivity contribution is 0.640. The average Bonchev–Trinajstić information content (AvgIpc) is 3.67. The van der Waals surface area contributed by atoms with Crippen LogP contribution in [0.15, 0.2) is 140 Å². The highest BCUT2D eigenvalue weighted by atomic mass is 15.2. The van der Waals surface area contributed by atoms with E-state index in [4.69, 9.17) is 4.98 Å². The van der Waals surface area contributed by atoms with Gasteiger partial charge in [-0.15, -0.1) is 0 Å². The second-order valence-corrected chi connectivity index (χ2v) is 10.8. The Balaban J connectivity index is 1.39. The summed E-state index contributed by atoms with van der Waals surface area (Å²) in [7, 11) is 0. The Labute approximate surface area is 236 Å². The molecule has 0 saturated heterocycles. The SMILES string of the molecule is C1=CCC(n2c3ccccc3c3c4ncccc4n(-c4cccc(-n5c6ccccc6c6ccccc65)c4)c32)C=C1. The summed E-state index contributed by atoms with van der Waals surface area (Å²) >= 11 is 0. The second kappa shape index (κ2) is 8.57. The number of para-hydroxylation sites is 3. The van der Waals surface area contributed by atoms with Crippen molar-refractivity contribution in [1.82, 2.24) is 18.7 Å². The largest absolute Gasteiger partial charge is 0.319 e. The molecule has 0 spiro atoms. The highest BCUT2D eigenvalue weighted by Crippen LogP contribution is 2.41. The molecule has 0 fully saturated rings. The zero-order valence-electron chi connectivity index (χ0n) is 22.4. The molecule has 9 rings (SSSR count). The zero-order valence-corrected chi connectivity index (χ0v) is 22.4. The van der Waals surface area contributed by atoms with Crippen molar-refractivity contribution in [3.63, 3.8) is 0 Å². The highest BCUT2D eigenvalue weighted by molar-refractivity contribution is 6.20. The monoisotopic (exact) mass is 526 g/mol. The molecule has 0 N–H and O–H groups in total. The van der Waals surface area contributed by atoms with Crippen molar-refractivity contribution < 1.29 is 0 Å². The number of hydrogen-bond donors (Lipinski definition) is 0. The number of hydrogen-bond acceptors (Lipinski definition) is 1. The number of pyridine rings is 1. The van der Waals surface area contributed by atoms with E-state index in [2.05, 4.69) is 141 Å². The van der Waals surface area contributed by atoms with Crippen LogP contribution < -0.4 is 0 Å². The van der Waals surface area contributed by atoms with Crippen molar-refractivity contribution in [2.75, 3.05) is 0 Å². The van der Waals surface area contributed by atoms with Crippen LogP contribution in [0.1, 0.15) is 12.5 Å². The standard InChI is InChI=1S/C37H26N4/c1-2-12-25(13-3-1)40-33-21-9-6-18-30(33)35-36-34(22-11-23-38-36)41(37(35)40)27-15-10-14-26(24-27)39-31-19-7-4-16-28(31)29-17-5-8-20-32(29)39/h1-12,14-25H,13H2. The molecule has 4 aromatic carbocycles. The fraction of sp³-hybridized carbons (Fsp3) is 0.0541. The molecule has 194 valence electrons. The van der Waals surface area contributed by atoms with Gasteiger partial charge in [0.25, 0.3) is 0 Å². The van der Waals surface area contributed by atoms with Crippen LogP contribution in [0.2, 0.25) is 0 Å². The summed E-state index contributed by atoms with van der Waals surface area (Å²) in [5.74, 6) is 0. The Hall–Kier alpha value is -5.35. The summed E-state index contributed by atoms with van der Waals surface area (Å²) < 4.78 is 7.32. The van der Waals surface area contributed by atoms with Gasteiger partial charge in [0, 0.05) is 33.7 Å². The molecule has 41 heavy (non-hydrogen) atoms. The topological polar surface area (TPSA) is 27.7 Å². The van der Waals surface area contributed by atoms with Crippen molar-refractivity contribution in [3.05, 3.63) is 140 Å². The molecular weight excluding hydrogens is 500 g/mol. The second-order valence-electron chi connectivity index (χ2n) is 10.8. The molecule has 1 unspecified atom stereocenters. The van der Waals surface area contributed by atoms with Crippen molar-refractivity contribution in [1.29, 1.82) is 0 Å². The van der Waals surface area contributed by atoms with Crippen LogP contribution >= 0.6 is 0 Å². The van der Waals surface area contributed by atoms with Gasteiger partial charge < -0.3 is 9.13 Å². The third kappa shape index (κ3) is 3.13. The van der Waals surface area contributed by atoms with Gasteiger partial charge >= 0.3 is 0 Å². The molecule has 1 atom stereocenters. The lowest BCUT2D eigenvalue weighted by Gasteiger charge is -2.20. The maximum atomic E-state index is 4.95.